The van der Waals surface area contributed by atoms with Crippen molar-refractivity contribution in [1.82, 2.24) is 20.1 Å². The van der Waals surface area contributed by atoms with Crippen LogP contribution in [0.3, 0.4) is 0 Å². The van der Waals surface area contributed by atoms with Gasteiger partial charge >= 0.3 is 6.18 Å². The van der Waals surface area contributed by atoms with Crippen LogP contribution in [0, 0.1) is 5.92 Å². The van der Waals surface area contributed by atoms with E-state index in [0.29, 0.717) is 16.6 Å². The van der Waals surface area contributed by atoms with Crippen molar-refractivity contribution in [2.45, 2.75) is 77.1 Å². The quantitative estimate of drug-likeness (QED) is 0.745. The lowest BCUT2D eigenvalue weighted by Crippen LogP contribution is -2.48. The number of carbonyl (C=O) groups excluding carboxylic acids is 1. The van der Waals surface area contributed by atoms with Crippen LogP contribution in [0.5, 0.6) is 0 Å². The summed E-state index contributed by atoms with van der Waals surface area (Å²) in [6.45, 7) is 7.64. The van der Waals surface area contributed by atoms with Gasteiger partial charge in [0.2, 0.25) is 0 Å². The highest BCUT2D eigenvalue weighted by Crippen LogP contribution is 2.41. The fourth-order valence-electron chi connectivity index (χ4n) is 4.02. The van der Waals surface area contributed by atoms with Gasteiger partial charge in [0.1, 0.15) is 0 Å². The molecule has 0 aliphatic heterocycles. The molecule has 2 atom stereocenters. The van der Waals surface area contributed by atoms with Crippen LogP contribution >= 0.6 is 0 Å². The van der Waals surface area contributed by atoms with Crippen molar-refractivity contribution in [2.75, 3.05) is 6.54 Å². The maximum absolute atomic E-state index is 13.1. The Bertz CT molecular complexity index is 923. The fraction of sp³-hybridized carbons (Fsp3) is 0.667. The highest BCUT2D eigenvalue weighted by molar-refractivity contribution is 6.05. The zero-order chi connectivity index (χ0) is 22.3. The van der Waals surface area contributed by atoms with Crippen molar-refractivity contribution in [3.8, 4) is 0 Å². The Kier molecular flexibility index (Phi) is 6.13. The van der Waals surface area contributed by atoms with Gasteiger partial charge in [-0.2, -0.15) is 18.3 Å². The SMILES string of the molecule is CC(C)c1cc(C(=O)NCC2(O)CCCC(C(F)(F)F)C2)c2cnn(C(C)C)c2n1. The van der Waals surface area contributed by atoms with Crippen LogP contribution in [0.1, 0.15) is 81.4 Å². The molecule has 166 valence electrons. The van der Waals surface area contributed by atoms with E-state index in [4.69, 9.17) is 0 Å². The van der Waals surface area contributed by atoms with Crippen LogP contribution in [0.2, 0.25) is 0 Å². The topological polar surface area (TPSA) is 80.0 Å². The number of aliphatic hydroxyl groups is 1. The van der Waals surface area contributed by atoms with E-state index in [-0.39, 0.29) is 37.8 Å². The number of carbonyl (C=O) groups is 1. The van der Waals surface area contributed by atoms with Crippen molar-refractivity contribution >= 4 is 16.9 Å². The number of aromatic nitrogens is 3. The maximum atomic E-state index is 13.1. The van der Waals surface area contributed by atoms with E-state index in [1.807, 2.05) is 27.7 Å². The number of nitrogens with one attached hydrogen (secondary N) is 1. The van der Waals surface area contributed by atoms with E-state index < -0.39 is 30.0 Å². The molecule has 2 N–H and O–H groups in total. The molecule has 2 aromatic rings. The first-order chi connectivity index (χ1) is 13.9. The molecule has 2 unspecified atom stereocenters. The first-order valence-electron chi connectivity index (χ1n) is 10.4. The summed E-state index contributed by atoms with van der Waals surface area (Å²) in [5.41, 5.74) is 0.115. The number of amides is 1. The van der Waals surface area contributed by atoms with Gasteiger partial charge in [0.05, 0.1) is 28.7 Å². The molecule has 1 aliphatic rings. The third-order valence-electron chi connectivity index (χ3n) is 5.77. The molecule has 0 spiro atoms. The Morgan fingerprint density at radius 2 is 2.07 bits per heavy atom. The molecule has 0 bridgehead atoms. The number of pyridine rings is 1. The second kappa shape index (κ2) is 8.17. The molecule has 1 fully saturated rings. The second-order valence-corrected chi connectivity index (χ2v) is 8.91. The standard InChI is InChI=1S/C21H29F3N4O2/c1-12(2)17-8-15(16-10-26-28(13(3)4)18(16)27-17)19(29)25-11-20(30)7-5-6-14(9-20)21(22,23)24/h8,10,12-14,30H,5-7,9,11H2,1-4H3,(H,25,29). The van der Waals surface area contributed by atoms with Gasteiger partial charge in [-0.25, -0.2) is 9.67 Å². The van der Waals surface area contributed by atoms with E-state index in [9.17, 15) is 23.1 Å². The monoisotopic (exact) mass is 426 g/mol. The number of hydrogen-bond donors (Lipinski definition) is 2. The summed E-state index contributed by atoms with van der Waals surface area (Å²) in [6.07, 6.45) is -2.64. The summed E-state index contributed by atoms with van der Waals surface area (Å²) >= 11 is 0. The molecular weight excluding hydrogens is 397 g/mol. The molecule has 0 saturated heterocycles. The molecule has 2 heterocycles. The van der Waals surface area contributed by atoms with Gasteiger partial charge in [0, 0.05) is 18.3 Å². The molecule has 0 radical (unpaired) electrons. The summed E-state index contributed by atoms with van der Waals surface area (Å²) in [7, 11) is 0. The molecule has 9 heteroatoms. The lowest BCUT2D eigenvalue weighted by Gasteiger charge is -2.37. The number of hydrogen-bond acceptors (Lipinski definition) is 4. The van der Waals surface area contributed by atoms with E-state index in [0.717, 1.165) is 5.69 Å². The van der Waals surface area contributed by atoms with Crippen molar-refractivity contribution in [2.24, 2.45) is 5.92 Å². The lowest BCUT2D eigenvalue weighted by molar-refractivity contribution is -0.199. The minimum absolute atomic E-state index is 0.0108. The lowest BCUT2D eigenvalue weighted by atomic mass is 9.77. The molecule has 30 heavy (non-hydrogen) atoms. The first-order valence-corrected chi connectivity index (χ1v) is 10.4. The molecule has 1 aliphatic carbocycles. The number of nitrogens with zero attached hydrogens (tertiary/aromatic N) is 3. The van der Waals surface area contributed by atoms with Crippen molar-refractivity contribution in [3.63, 3.8) is 0 Å². The van der Waals surface area contributed by atoms with E-state index >= 15 is 0 Å². The summed E-state index contributed by atoms with van der Waals surface area (Å²) in [5.74, 6) is -1.92. The van der Waals surface area contributed by atoms with Crippen LogP contribution in [0.4, 0.5) is 13.2 Å². The Hall–Kier alpha value is -2.16. The molecule has 3 rings (SSSR count). The van der Waals surface area contributed by atoms with Gasteiger partial charge in [0.25, 0.3) is 5.91 Å². The maximum Gasteiger partial charge on any atom is 0.391 e. The second-order valence-electron chi connectivity index (χ2n) is 8.91. The van der Waals surface area contributed by atoms with Crippen molar-refractivity contribution in [3.05, 3.63) is 23.5 Å². The largest absolute Gasteiger partial charge is 0.391 e. The highest BCUT2D eigenvalue weighted by Gasteiger charge is 2.47. The minimum atomic E-state index is -4.34. The molecule has 6 nitrogen and oxygen atoms in total. The summed E-state index contributed by atoms with van der Waals surface area (Å²) < 4.78 is 41.0. The van der Waals surface area contributed by atoms with Gasteiger partial charge in [-0.1, -0.05) is 13.8 Å². The zero-order valence-electron chi connectivity index (χ0n) is 17.8. The Morgan fingerprint density at radius 3 is 2.67 bits per heavy atom. The average Bonchev–Trinajstić information content (AvgIpc) is 3.09. The predicted molar refractivity (Wildman–Crippen MR) is 107 cm³/mol. The fourth-order valence-corrected chi connectivity index (χ4v) is 4.02. The van der Waals surface area contributed by atoms with Gasteiger partial charge < -0.3 is 10.4 Å². The van der Waals surface area contributed by atoms with Crippen LogP contribution in [0.25, 0.3) is 11.0 Å². The minimum Gasteiger partial charge on any atom is -0.388 e. The highest BCUT2D eigenvalue weighted by atomic mass is 19.4. The van der Waals surface area contributed by atoms with Crippen molar-refractivity contribution in [1.29, 1.82) is 0 Å². The number of rotatable bonds is 5. The summed E-state index contributed by atoms with van der Waals surface area (Å²) in [6, 6.07) is 1.74. The molecule has 1 amide bonds. The summed E-state index contributed by atoms with van der Waals surface area (Å²) in [5, 5.41) is 18.3. The number of fused-ring (bicyclic) bond motifs is 1. The zero-order valence-corrected chi connectivity index (χ0v) is 17.8. The Labute approximate surface area is 173 Å². The summed E-state index contributed by atoms with van der Waals surface area (Å²) in [4.78, 5) is 17.6. The van der Waals surface area contributed by atoms with Gasteiger partial charge in [-0.05, 0) is 51.5 Å². The normalized spacial score (nSPS) is 22.8. The van der Waals surface area contributed by atoms with E-state index in [1.165, 1.54) is 0 Å². The average molecular weight is 426 g/mol. The van der Waals surface area contributed by atoms with Gasteiger partial charge in [-0.3, -0.25) is 4.79 Å². The number of alkyl halides is 3. The van der Waals surface area contributed by atoms with Crippen LogP contribution in [-0.2, 0) is 0 Å². The van der Waals surface area contributed by atoms with E-state index in [2.05, 4.69) is 15.4 Å². The van der Waals surface area contributed by atoms with Crippen LogP contribution < -0.4 is 5.32 Å². The van der Waals surface area contributed by atoms with Crippen molar-refractivity contribution < 1.29 is 23.1 Å². The first kappa shape index (κ1) is 22.5. The molecule has 1 saturated carbocycles. The smallest absolute Gasteiger partial charge is 0.388 e. The molecule has 2 aromatic heterocycles. The van der Waals surface area contributed by atoms with Gasteiger partial charge in [0.15, 0.2) is 5.65 Å². The molecular formula is C21H29F3N4O2. The third-order valence-corrected chi connectivity index (χ3v) is 5.77. The Morgan fingerprint density at radius 1 is 1.37 bits per heavy atom. The third kappa shape index (κ3) is 4.61. The molecule has 0 aromatic carbocycles. The van der Waals surface area contributed by atoms with Crippen LogP contribution in [0.15, 0.2) is 12.3 Å². The Balaban J connectivity index is 1.85. The van der Waals surface area contributed by atoms with Gasteiger partial charge in [-0.15, -0.1) is 0 Å². The van der Waals surface area contributed by atoms with E-state index in [1.54, 1.807) is 16.9 Å². The predicted octanol–water partition coefficient (Wildman–Crippen LogP) is 4.35. The van der Waals surface area contributed by atoms with Crippen LogP contribution in [-0.4, -0.2) is 44.1 Å². The number of halogens is 3.